The fourth-order valence-electron chi connectivity index (χ4n) is 4.01. The Hall–Kier alpha value is -1.96. The van der Waals surface area contributed by atoms with Crippen LogP contribution in [0.25, 0.3) is 0 Å². The lowest BCUT2D eigenvalue weighted by molar-refractivity contribution is 0.189. The third-order valence-electron chi connectivity index (χ3n) is 6.18. The summed E-state index contributed by atoms with van der Waals surface area (Å²) in [6, 6.07) is 10.5. The minimum Gasteiger partial charge on any atom is -0.369 e. The molecule has 160 valence electrons. The van der Waals surface area contributed by atoms with Crippen molar-refractivity contribution in [2.45, 2.75) is 45.7 Å². The molecule has 6 nitrogen and oxygen atoms in total. The number of hydrogen-bond donors (Lipinski definition) is 0. The number of hydrogen-bond acceptors (Lipinski definition) is 6. The fourth-order valence-corrected chi connectivity index (χ4v) is 5.03. The van der Waals surface area contributed by atoms with Gasteiger partial charge in [0.2, 0.25) is 0 Å². The third-order valence-corrected chi connectivity index (χ3v) is 7.34. The van der Waals surface area contributed by atoms with Crippen LogP contribution in [-0.4, -0.2) is 51.3 Å². The van der Waals surface area contributed by atoms with Crippen molar-refractivity contribution in [1.82, 2.24) is 25.1 Å². The molecular weight excluding hydrogens is 416 g/mol. The van der Waals surface area contributed by atoms with Crippen LogP contribution in [0.3, 0.4) is 0 Å². The van der Waals surface area contributed by atoms with Crippen molar-refractivity contribution in [1.29, 1.82) is 0 Å². The number of rotatable bonds is 6. The van der Waals surface area contributed by atoms with Crippen molar-refractivity contribution >= 4 is 28.6 Å². The number of halogens is 1. The van der Waals surface area contributed by atoms with E-state index in [2.05, 4.69) is 82.7 Å². The van der Waals surface area contributed by atoms with Gasteiger partial charge in [-0.25, -0.2) is 4.68 Å². The molecule has 4 rings (SSSR count). The van der Waals surface area contributed by atoms with Gasteiger partial charge in [-0.3, -0.25) is 4.90 Å². The molecule has 0 N–H and O–H groups in total. The first-order valence-electron chi connectivity index (χ1n) is 10.5. The number of nitrogens with zero attached hydrogens (tertiary/aromatic N) is 6. The highest BCUT2D eigenvalue weighted by molar-refractivity contribution is 7.10. The van der Waals surface area contributed by atoms with Crippen LogP contribution in [0.1, 0.15) is 49.5 Å². The lowest BCUT2D eigenvalue weighted by atomic mass is 10.0. The summed E-state index contributed by atoms with van der Waals surface area (Å²) in [6.07, 6.45) is 0.962. The van der Waals surface area contributed by atoms with Crippen LogP contribution < -0.4 is 4.90 Å². The maximum atomic E-state index is 6.26. The predicted octanol–water partition coefficient (Wildman–Crippen LogP) is 4.75. The zero-order valence-electron chi connectivity index (χ0n) is 18.0. The van der Waals surface area contributed by atoms with Gasteiger partial charge >= 0.3 is 0 Å². The summed E-state index contributed by atoms with van der Waals surface area (Å²) in [5.41, 5.74) is 2.36. The molecule has 8 heteroatoms. The van der Waals surface area contributed by atoms with Crippen LogP contribution in [0.5, 0.6) is 0 Å². The minimum atomic E-state index is -0.131. The van der Waals surface area contributed by atoms with Gasteiger partial charge in [0.05, 0.1) is 5.54 Å². The first kappa shape index (κ1) is 21.3. The van der Waals surface area contributed by atoms with E-state index in [0.29, 0.717) is 0 Å². The van der Waals surface area contributed by atoms with Crippen LogP contribution in [-0.2, 0) is 5.54 Å². The summed E-state index contributed by atoms with van der Waals surface area (Å²) in [5, 5.41) is 15.9. The number of benzene rings is 1. The minimum absolute atomic E-state index is 0.0634. The number of anilines is 1. The van der Waals surface area contributed by atoms with Crippen LogP contribution in [0.2, 0.25) is 5.02 Å². The van der Waals surface area contributed by atoms with E-state index in [0.717, 1.165) is 43.4 Å². The van der Waals surface area contributed by atoms with Crippen LogP contribution in [0, 0.1) is 6.92 Å². The molecule has 30 heavy (non-hydrogen) atoms. The maximum Gasteiger partial charge on any atom is 0.174 e. The van der Waals surface area contributed by atoms with E-state index < -0.39 is 0 Å². The highest BCUT2D eigenvalue weighted by atomic mass is 35.5. The van der Waals surface area contributed by atoms with Crippen LogP contribution in [0.15, 0.2) is 35.7 Å². The predicted molar refractivity (Wildman–Crippen MR) is 124 cm³/mol. The maximum absolute atomic E-state index is 6.26. The Morgan fingerprint density at radius 1 is 1.17 bits per heavy atom. The highest BCUT2D eigenvalue weighted by Crippen LogP contribution is 2.34. The van der Waals surface area contributed by atoms with E-state index in [4.69, 9.17) is 11.6 Å². The van der Waals surface area contributed by atoms with Gasteiger partial charge in [-0.1, -0.05) is 30.7 Å². The number of thiophene rings is 1. The molecule has 0 bridgehead atoms. The SMILES string of the molecule is CCC(C)(C)n1nnnc1C(c1cccs1)N1CCN(c2cc(Cl)ccc2C)CC1. The van der Waals surface area contributed by atoms with Crippen LogP contribution in [0.4, 0.5) is 5.69 Å². The number of aryl methyl sites for hydroxylation is 1. The molecular formula is C22H29ClN6S. The van der Waals surface area contributed by atoms with Gasteiger partial charge in [0.25, 0.3) is 0 Å². The van der Waals surface area contributed by atoms with Gasteiger partial charge in [0.15, 0.2) is 5.82 Å². The molecule has 1 unspecified atom stereocenters. The second-order valence-corrected chi connectivity index (χ2v) is 9.90. The smallest absolute Gasteiger partial charge is 0.174 e. The van der Waals surface area contributed by atoms with Crippen molar-refractivity contribution in [2.24, 2.45) is 0 Å². The molecule has 1 aliphatic rings. The molecule has 1 aliphatic heterocycles. The summed E-state index contributed by atoms with van der Waals surface area (Å²) >= 11 is 8.03. The van der Waals surface area contributed by atoms with Crippen molar-refractivity contribution in [3.8, 4) is 0 Å². The topological polar surface area (TPSA) is 50.1 Å². The lowest BCUT2D eigenvalue weighted by Crippen LogP contribution is -2.49. The molecule has 0 aliphatic carbocycles. The molecule has 0 spiro atoms. The van der Waals surface area contributed by atoms with Gasteiger partial charge in [-0.15, -0.1) is 16.4 Å². The van der Waals surface area contributed by atoms with Gasteiger partial charge < -0.3 is 4.90 Å². The Kier molecular flexibility index (Phi) is 6.14. The Bertz CT molecular complexity index is 975. The molecule has 1 saturated heterocycles. The summed E-state index contributed by atoms with van der Waals surface area (Å²) in [5.74, 6) is 0.927. The molecule has 0 radical (unpaired) electrons. The van der Waals surface area contributed by atoms with Gasteiger partial charge in [-0.2, -0.15) is 0 Å². The van der Waals surface area contributed by atoms with E-state index in [1.165, 1.54) is 16.1 Å². The first-order valence-corrected chi connectivity index (χ1v) is 11.7. The average molecular weight is 445 g/mol. The van der Waals surface area contributed by atoms with Gasteiger partial charge in [0, 0.05) is 41.8 Å². The second kappa shape index (κ2) is 8.65. The summed E-state index contributed by atoms with van der Waals surface area (Å²) in [4.78, 5) is 6.23. The molecule has 2 aromatic heterocycles. The van der Waals surface area contributed by atoms with Crippen LogP contribution >= 0.6 is 22.9 Å². The Labute approximate surface area is 187 Å². The number of tetrazole rings is 1. The molecule has 1 fully saturated rings. The van der Waals surface area contributed by atoms with E-state index >= 15 is 0 Å². The largest absolute Gasteiger partial charge is 0.369 e. The van der Waals surface area contributed by atoms with Crippen molar-refractivity contribution in [2.75, 3.05) is 31.1 Å². The van der Waals surface area contributed by atoms with E-state index in [1.807, 2.05) is 10.7 Å². The first-order chi connectivity index (χ1) is 14.4. The molecule has 1 atom stereocenters. The van der Waals surface area contributed by atoms with E-state index in [-0.39, 0.29) is 11.6 Å². The van der Waals surface area contributed by atoms with Crippen molar-refractivity contribution in [3.05, 3.63) is 57.0 Å². The van der Waals surface area contributed by atoms with Crippen molar-refractivity contribution in [3.63, 3.8) is 0 Å². The monoisotopic (exact) mass is 444 g/mol. The van der Waals surface area contributed by atoms with E-state index in [9.17, 15) is 0 Å². The van der Waals surface area contributed by atoms with Gasteiger partial charge in [0.1, 0.15) is 6.04 Å². The Balaban J connectivity index is 1.61. The molecule has 1 aromatic carbocycles. The zero-order chi connectivity index (χ0) is 21.3. The third kappa shape index (κ3) is 4.11. The quantitative estimate of drug-likeness (QED) is 0.549. The Morgan fingerprint density at radius 2 is 1.93 bits per heavy atom. The highest BCUT2D eigenvalue weighted by Gasteiger charge is 2.34. The van der Waals surface area contributed by atoms with Crippen molar-refractivity contribution < 1.29 is 0 Å². The second-order valence-electron chi connectivity index (χ2n) is 8.49. The number of aromatic nitrogens is 4. The fraction of sp³-hybridized carbons (Fsp3) is 0.500. The molecule has 3 aromatic rings. The van der Waals surface area contributed by atoms with Gasteiger partial charge in [-0.05, 0) is 66.8 Å². The number of piperazine rings is 1. The Morgan fingerprint density at radius 3 is 2.60 bits per heavy atom. The summed E-state index contributed by atoms with van der Waals surface area (Å²) in [6.45, 7) is 12.5. The van der Waals surface area contributed by atoms with E-state index in [1.54, 1.807) is 11.3 Å². The average Bonchev–Trinajstić information content (AvgIpc) is 3.44. The summed E-state index contributed by atoms with van der Waals surface area (Å²) in [7, 11) is 0. The summed E-state index contributed by atoms with van der Waals surface area (Å²) < 4.78 is 2.02. The molecule has 0 amide bonds. The molecule has 0 saturated carbocycles. The molecule has 3 heterocycles. The zero-order valence-corrected chi connectivity index (χ0v) is 19.6. The lowest BCUT2D eigenvalue weighted by Gasteiger charge is -2.40. The standard InChI is InChI=1S/C22H29ClN6S/c1-5-22(3,4)29-21(24-25-26-29)20(19-7-6-14-30-19)28-12-10-27(11-13-28)18-15-17(23)9-8-16(18)2/h6-9,14-15,20H,5,10-13H2,1-4H3. The normalized spacial score (nSPS) is 16.8.